The van der Waals surface area contributed by atoms with E-state index in [1.165, 1.54) is 12.1 Å². The Kier molecular flexibility index (Phi) is 4.76. The Morgan fingerprint density at radius 3 is 2.33 bits per heavy atom. The summed E-state index contributed by atoms with van der Waals surface area (Å²) in [5.74, 6) is -0.300. The normalized spacial score (nSPS) is 13.2. The molecular formula is C10H14N2O5S. The van der Waals surface area contributed by atoms with Crippen molar-refractivity contribution < 1.29 is 18.4 Å². The van der Waals surface area contributed by atoms with Gasteiger partial charge in [0.25, 0.3) is 5.69 Å². The molecule has 0 aromatic heterocycles. The van der Waals surface area contributed by atoms with Crippen molar-refractivity contribution in [3.63, 3.8) is 0 Å². The molecule has 1 rings (SSSR count). The number of aliphatic hydroxyl groups is 1. The fourth-order valence-electron chi connectivity index (χ4n) is 1.40. The monoisotopic (exact) mass is 274 g/mol. The fraction of sp³-hybridized carbons (Fsp3) is 0.400. The summed E-state index contributed by atoms with van der Waals surface area (Å²) in [6.45, 7) is -0.184. The first-order valence-corrected chi connectivity index (χ1v) is 6.85. The predicted octanol–water partition coefficient (Wildman–Crippen LogP) is 0.0782. The van der Waals surface area contributed by atoms with Crippen LogP contribution in [0, 0.1) is 10.1 Å². The molecular weight excluding hydrogens is 260 g/mol. The zero-order valence-electron chi connectivity index (χ0n) is 9.52. The van der Waals surface area contributed by atoms with Crippen LogP contribution in [0.25, 0.3) is 0 Å². The number of sulfone groups is 1. The van der Waals surface area contributed by atoms with Gasteiger partial charge in [-0.05, 0) is 18.6 Å². The summed E-state index contributed by atoms with van der Waals surface area (Å²) < 4.78 is 23.7. The topological polar surface area (TPSA) is 124 Å². The summed E-state index contributed by atoms with van der Waals surface area (Å²) in [5.41, 5.74) is 5.37. The number of nitro groups is 1. The number of hydrogen-bond donors (Lipinski definition) is 2. The molecule has 0 amide bonds. The third-order valence-corrected chi connectivity index (χ3v) is 4.20. The number of hydrogen-bond acceptors (Lipinski definition) is 6. The van der Waals surface area contributed by atoms with Crippen molar-refractivity contribution in [2.75, 3.05) is 12.4 Å². The molecule has 0 fully saturated rings. The second-order valence-electron chi connectivity index (χ2n) is 3.80. The van der Waals surface area contributed by atoms with Gasteiger partial charge in [-0.1, -0.05) is 0 Å². The average Bonchev–Trinajstić information content (AvgIpc) is 2.28. The van der Waals surface area contributed by atoms with Crippen molar-refractivity contribution >= 4 is 15.5 Å². The lowest BCUT2D eigenvalue weighted by atomic mass is 10.3. The molecule has 0 aliphatic rings. The van der Waals surface area contributed by atoms with Gasteiger partial charge < -0.3 is 10.8 Å². The zero-order chi connectivity index (χ0) is 13.8. The number of nitro benzene ring substituents is 1. The van der Waals surface area contributed by atoms with Crippen LogP contribution in [0.4, 0.5) is 5.69 Å². The summed E-state index contributed by atoms with van der Waals surface area (Å²) in [4.78, 5) is 9.82. The van der Waals surface area contributed by atoms with Crippen molar-refractivity contribution in [3.8, 4) is 0 Å². The molecule has 1 unspecified atom stereocenters. The van der Waals surface area contributed by atoms with Gasteiger partial charge in [-0.25, -0.2) is 8.42 Å². The van der Waals surface area contributed by atoms with Gasteiger partial charge >= 0.3 is 0 Å². The van der Waals surface area contributed by atoms with Crippen LogP contribution in [0.15, 0.2) is 29.2 Å². The van der Waals surface area contributed by atoms with Crippen molar-refractivity contribution in [3.05, 3.63) is 34.4 Å². The van der Waals surface area contributed by atoms with Crippen molar-refractivity contribution in [2.24, 2.45) is 5.73 Å². The Labute approximate surface area is 104 Å². The zero-order valence-corrected chi connectivity index (χ0v) is 10.3. The molecule has 0 saturated carbocycles. The Balaban J connectivity index is 2.88. The lowest BCUT2D eigenvalue weighted by Gasteiger charge is -2.10. The highest BCUT2D eigenvalue weighted by Crippen LogP contribution is 2.17. The minimum Gasteiger partial charge on any atom is -0.396 e. The quantitative estimate of drug-likeness (QED) is 0.559. The van der Waals surface area contributed by atoms with Crippen LogP contribution < -0.4 is 5.73 Å². The van der Waals surface area contributed by atoms with E-state index in [0.717, 1.165) is 12.1 Å². The number of nitrogens with two attached hydrogens (primary N) is 1. The molecule has 100 valence electrons. The summed E-state index contributed by atoms with van der Waals surface area (Å²) >= 11 is 0. The predicted molar refractivity (Wildman–Crippen MR) is 64.8 cm³/mol. The molecule has 0 aliphatic carbocycles. The van der Waals surface area contributed by atoms with E-state index in [1.807, 2.05) is 0 Å². The minimum atomic E-state index is -3.58. The van der Waals surface area contributed by atoms with Crippen LogP contribution in [-0.2, 0) is 9.84 Å². The van der Waals surface area contributed by atoms with Crippen LogP contribution in [0.2, 0.25) is 0 Å². The van der Waals surface area contributed by atoms with Gasteiger partial charge in [0.15, 0.2) is 9.84 Å². The van der Waals surface area contributed by atoms with E-state index in [0.29, 0.717) is 0 Å². The molecule has 1 atom stereocenters. The van der Waals surface area contributed by atoms with Gasteiger partial charge in [0, 0.05) is 24.8 Å². The average molecular weight is 274 g/mol. The standard InChI is InChI=1S/C10H14N2O5S/c11-8(5-6-13)7-18(16,17)10-3-1-9(2-4-10)12(14)15/h1-4,8,13H,5-7,11H2. The molecule has 0 aliphatic heterocycles. The van der Waals surface area contributed by atoms with Crippen LogP contribution in [-0.4, -0.2) is 36.8 Å². The molecule has 18 heavy (non-hydrogen) atoms. The van der Waals surface area contributed by atoms with E-state index in [4.69, 9.17) is 10.8 Å². The summed E-state index contributed by atoms with van der Waals surface area (Å²) in [5, 5.41) is 19.1. The van der Waals surface area contributed by atoms with E-state index < -0.39 is 20.8 Å². The molecule has 0 bridgehead atoms. The van der Waals surface area contributed by atoms with E-state index >= 15 is 0 Å². The highest BCUT2D eigenvalue weighted by molar-refractivity contribution is 7.91. The Hall–Kier alpha value is -1.51. The lowest BCUT2D eigenvalue weighted by Crippen LogP contribution is -2.30. The first kappa shape index (κ1) is 14.6. The maximum atomic E-state index is 11.9. The van der Waals surface area contributed by atoms with E-state index in [9.17, 15) is 18.5 Å². The molecule has 8 heteroatoms. The molecule has 0 heterocycles. The Morgan fingerprint density at radius 1 is 1.33 bits per heavy atom. The van der Waals surface area contributed by atoms with E-state index in [-0.39, 0.29) is 29.4 Å². The molecule has 1 aromatic carbocycles. The number of nitrogens with zero attached hydrogens (tertiary/aromatic N) is 1. The number of non-ortho nitro benzene ring substituents is 1. The number of aliphatic hydroxyl groups excluding tert-OH is 1. The van der Waals surface area contributed by atoms with Gasteiger partial charge in [0.05, 0.1) is 15.6 Å². The van der Waals surface area contributed by atoms with Crippen LogP contribution in [0.3, 0.4) is 0 Å². The van der Waals surface area contributed by atoms with Crippen LogP contribution in [0.5, 0.6) is 0 Å². The summed E-state index contributed by atoms with van der Waals surface area (Å²) in [6.07, 6.45) is 0.187. The van der Waals surface area contributed by atoms with Crippen molar-refractivity contribution in [1.82, 2.24) is 0 Å². The largest absolute Gasteiger partial charge is 0.396 e. The second kappa shape index (κ2) is 5.89. The smallest absolute Gasteiger partial charge is 0.269 e. The van der Waals surface area contributed by atoms with E-state index in [1.54, 1.807) is 0 Å². The minimum absolute atomic E-state index is 0.0125. The van der Waals surface area contributed by atoms with Gasteiger partial charge in [0.2, 0.25) is 0 Å². The lowest BCUT2D eigenvalue weighted by molar-refractivity contribution is -0.384. The van der Waals surface area contributed by atoms with Gasteiger partial charge in [-0.2, -0.15) is 0 Å². The SMILES string of the molecule is NC(CCO)CS(=O)(=O)c1ccc([N+](=O)[O-])cc1. The Morgan fingerprint density at radius 2 is 1.89 bits per heavy atom. The van der Waals surface area contributed by atoms with Crippen molar-refractivity contribution in [2.45, 2.75) is 17.4 Å². The summed E-state index contributed by atoms with van der Waals surface area (Å²) in [7, 11) is -3.58. The fourth-order valence-corrected chi connectivity index (χ4v) is 2.88. The van der Waals surface area contributed by atoms with Crippen LogP contribution >= 0.6 is 0 Å². The number of benzene rings is 1. The Bertz CT molecular complexity index is 512. The van der Waals surface area contributed by atoms with Gasteiger partial charge in [-0.3, -0.25) is 10.1 Å². The maximum absolute atomic E-state index is 11.9. The van der Waals surface area contributed by atoms with Gasteiger partial charge in [0.1, 0.15) is 0 Å². The highest BCUT2D eigenvalue weighted by Gasteiger charge is 2.19. The van der Waals surface area contributed by atoms with E-state index in [2.05, 4.69) is 0 Å². The molecule has 0 radical (unpaired) electrons. The molecule has 7 nitrogen and oxygen atoms in total. The first-order chi connectivity index (χ1) is 8.36. The molecule has 1 aromatic rings. The summed E-state index contributed by atoms with van der Waals surface area (Å²) in [6, 6.07) is 3.96. The van der Waals surface area contributed by atoms with Gasteiger partial charge in [-0.15, -0.1) is 0 Å². The second-order valence-corrected chi connectivity index (χ2v) is 5.84. The maximum Gasteiger partial charge on any atom is 0.269 e. The molecule has 0 spiro atoms. The first-order valence-electron chi connectivity index (χ1n) is 5.20. The van der Waals surface area contributed by atoms with Crippen molar-refractivity contribution in [1.29, 1.82) is 0 Å². The van der Waals surface area contributed by atoms with Crippen LogP contribution in [0.1, 0.15) is 6.42 Å². The molecule has 3 N–H and O–H groups in total. The number of rotatable bonds is 6. The third-order valence-electron chi connectivity index (χ3n) is 2.34. The third kappa shape index (κ3) is 3.76. The highest BCUT2D eigenvalue weighted by atomic mass is 32.2. The molecule has 0 saturated heterocycles.